The molecule has 334 valence electrons. The first-order chi connectivity index (χ1) is 32.6. The van der Waals surface area contributed by atoms with E-state index < -0.39 is 0 Å². The average Bonchev–Trinajstić information content (AvgIpc) is 3.36. The Morgan fingerprint density at radius 2 is 1.00 bits per heavy atom. The Morgan fingerprint density at radius 1 is 0.507 bits per heavy atom. The summed E-state index contributed by atoms with van der Waals surface area (Å²) in [7, 11) is 0. The Kier molecular flexibility index (Phi) is 11.4. The van der Waals surface area contributed by atoms with Gasteiger partial charge < -0.3 is 10.6 Å². The maximum absolute atomic E-state index is 12.4. The van der Waals surface area contributed by atoms with Gasteiger partial charge in [0.15, 0.2) is 11.6 Å². The number of Topliss-reactive ketones (excluding diaryl/α,β-unsaturated/α-hetero) is 2. The molecule has 14 rings (SSSR count). The van der Waals surface area contributed by atoms with E-state index in [0.29, 0.717) is 23.4 Å². The maximum atomic E-state index is 12.4. The Labute approximate surface area is 395 Å². The Bertz CT molecular complexity index is 3150. The largest absolute Gasteiger partial charge is 0.314 e. The highest BCUT2D eigenvalue weighted by atomic mass is 16.1. The van der Waals surface area contributed by atoms with Crippen molar-refractivity contribution in [3.8, 4) is 44.5 Å². The van der Waals surface area contributed by atoms with Crippen LogP contribution in [-0.4, -0.2) is 36.7 Å². The van der Waals surface area contributed by atoms with Gasteiger partial charge in [-0.15, -0.1) is 0 Å². The summed E-state index contributed by atoms with van der Waals surface area (Å²) < 4.78 is 0. The first-order valence-corrected chi connectivity index (χ1v) is 24.6. The van der Waals surface area contributed by atoms with E-state index in [0.717, 1.165) is 52.0 Å². The average molecular weight is 877 g/mol. The third kappa shape index (κ3) is 8.47. The monoisotopic (exact) mass is 876 g/mol. The van der Waals surface area contributed by atoms with E-state index in [1.54, 1.807) is 13.8 Å². The molecule has 3 unspecified atom stereocenters. The number of rotatable bonds is 8. The van der Waals surface area contributed by atoms with Gasteiger partial charge in [0.05, 0.1) is 0 Å². The number of nitrogens with one attached hydrogen (secondary N) is 2. The topological polar surface area (TPSA) is 58.2 Å². The predicted molar refractivity (Wildman–Crippen MR) is 278 cm³/mol. The molecule has 4 bridgehead atoms. The lowest BCUT2D eigenvalue weighted by Crippen LogP contribution is -2.58. The molecule has 4 heteroatoms. The molecule has 2 N–H and O–H groups in total. The summed E-state index contributed by atoms with van der Waals surface area (Å²) >= 11 is 0. The van der Waals surface area contributed by atoms with Crippen LogP contribution in [0.5, 0.6) is 0 Å². The zero-order chi connectivity index (χ0) is 45.8. The van der Waals surface area contributed by atoms with Crippen LogP contribution in [0.25, 0.3) is 66.1 Å². The molecule has 8 aromatic rings. The molecule has 8 aromatic carbocycles. The lowest BCUT2D eigenvalue weighted by molar-refractivity contribution is 0.100. The molecule has 0 amide bonds. The molecule has 4 aliphatic heterocycles. The number of hydrogen-bond donors (Lipinski definition) is 2. The smallest absolute Gasteiger partial charge is 0.159 e. The standard InChI is InChI=1S/C32H31NO.C31H29NO/c1-20-3-5-22(6-4-20)25-12-14-30-28(15-25)16-27(21(2)34)17-32(30)24-9-7-23(8-10-24)31-18-29-13-11-26(31)19-33-29;1-20-3-5-22(6-4-20)24-9-12-29-26(15-24)16-25(21(2)33)17-30(29)23-7-10-27(11-8-23)31-13-14-32-28(18-31)19-31/h3-10,12,14-17,26,29,31,33H,11,13,18-19H2,1-2H3;3-12,15-17,28,32H,13-14,18-19H2,1-2H3. The van der Waals surface area contributed by atoms with Crippen LogP contribution < -0.4 is 10.6 Å². The Hall–Kier alpha value is -6.46. The van der Waals surface area contributed by atoms with Crippen LogP contribution in [0.4, 0.5) is 0 Å². The fourth-order valence-corrected chi connectivity index (χ4v) is 11.9. The fourth-order valence-electron chi connectivity index (χ4n) is 11.9. The summed E-state index contributed by atoms with van der Waals surface area (Å²) in [6.07, 6.45) is 7.68. The quantitative estimate of drug-likeness (QED) is 0.149. The molecule has 3 atom stereocenters. The van der Waals surface area contributed by atoms with E-state index in [4.69, 9.17) is 0 Å². The van der Waals surface area contributed by atoms with Gasteiger partial charge in [-0.1, -0.05) is 132 Å². The summed E-state index contributed by atoms with van der Waals surface area (Å²) in [6, 6.07) is 58.4. The molecule has 0 aromatic heterocycles. The number of carbonyl (C=O) groups is 2. The van der Waals surface area contributed by atoms with E-state index >= 15 is 0 Å². The summed E-state index contributed by atoms with van der Waals surface area (Å²) in [5.74, 6) is 1.64. The molecule has 67 heavy (non-hydrogen) atoms. The fraction of sp³-hybridized carbons (Fsp3) is 0.270. The summed E-state index contributed by atoms with van der Waals surface area (Å²) in [5, 5.41) is 11.9. The van der Waals surface area contributed by atoms with Crippen molar-refractivity contribution in [2.24, 2.45) is 5.92 Å². The number of carbonyl (C=O) groups excluding carboxylic acids is 2. The minimum atomic E-state index is 0.101. The van der Waals surface area contributed by atoms with E-state index in [2.05, 4.69) is 170 Å². The first kappa shape index (κ1) is 43.1. The van der Waals surface area contributed by atoms with Crippen molar-refractivity contribution in [2.75, 3.05) is 13.1 Å². The molecule has 0 radical (unpaired) electrons. The highest BCUT2D eigenvalue weighted by Crippen LogP contribution is 2.49. The van der Waals surface area contributed by atoms with E-state index in [1.807, 2.05) is 12.1 Å². The van der Waals surface area contributed by atoms with Gasteiger partial charge in [0, 0.05) is 23.2 Å². The molecule has 2 saturated carbocycles. The SMILES string of the molecule is CC(=O)c1cc(-c2ccc(C34CCNC(C3)C4)cc2)c2ccc(-c3ccc(C)cc3)cc2c1.CC(=O)c1cc(-c2ccc(C3CC4CCC3CN4)cc2)c2ccc(-c3ccc(C)cc3)cc2c1. The van der Waals surface area contributed by atoms with Gasteiger partial charge in [0.1, 0.15) is 0 Å². The summed E-state index contributed by atoms with van der Waals surface area (Å²) in [5.41, 5.74) is 16.7. The van der Waals surface area contributed by atoms with Crippen LogP contribution >= 0.6 is 0 Å². The van der Waals surface area contributed by atoms with Crippen LogP contribution in [0.3, 0.4) is 0 Å². The third-order valence-electron chi connectivity index (χ3n) is 15.9. The molecular formula is C63H60N2O2. The Balaban J connectivity index is 0.000000148. The number of hydrogen-bond acceptors (Lipinski definition) is 4. The zero-order valence-corrected chi connectivity index (χ0v) is 39.3. The highest BCUT2D eigenvalue weighted by molar-refractivity contribution is 6.07. The van der Waals surface area contributed by atoms with Crippen molar-refractivity contribution in [3.05, 3.63) is 191 Å². The number of ketones is 2. The van der Waals surface area contributed by atoms with Gasteiger partial charge in [-0.2, -0.15) is 0 Å². The molecule has 6 aliphatic rings. The molecular weight excluding hydrogens is 817 g/mol. The Morgan fingerprint density at radius 3 is 1.43 bits per heavy atom. The summed E-state index contributed by atoms with van der Waals surface area (Å²) in [6.45, 7) is 9.81. The molecule has 2 aliphatic carbocycles. The number of aryl methyl sites for hydroxylation is 2. The molecule has 4 nitrogen and oxygen atoms in total. The number of benzene rings is 8. The van der Waals surface area contributed by atoms with Gasteiger partial charge in [0.2, 0.25) is 0 Å². The van der Waals surface area contributed by atoms with Crippen molar-refractivity contribution < 1.29 is 9.59 Å². The first-order valence-electron chi connectivity index (χ1n) is 24.6. The van der Waals surface area contributed by atoms with E-state index in [-0.39, 0.29) is 11.6 Å². The van der Waals surface area contributed by atoms with Gasteiger partial charge in [-0.3, -0.25) is 9.59 Å². The molecule has 4 saturated heterocycles. The van der Waals surface area contributed by atoms with Crippen molar-refractivity contribution in [3.63, 3.8) is 0 Å². The predicted octanol–water partition coefficient (Wildman–Crippen LogP) is 14.6. The lowest BCUT2D eigenvalue weighted by Gasteiger charge is -2.53. The van der Waals surface area contributed by atoms with E-state index in [9.17, 15) is 9.59 Å². The molecule has 4 heterocycles. The van der Waals surface area contributed by atoms with Crippen LogP contribution in [-0.2, 0) is 5.41 Å². The van der Waals surface area contributed by atoms with Gasteiger partial charge >= 0.3 is 0 Å². The second-order valence-corrected chi connectivity index (χ2v) is 20.3. The van der Waals surface area contributed by atoms with Gasteiger partial charge in [0.25, 0.3) is 0 Å². The lowest BCUT2D eigenvalue weighted by atomic mass is 9.57. The van der Waals surface area contributed by atoms with Crippen LogP contribution in [0, 0.1) is 19.8 Å². The molecule has 6 fully saturated rings. The minimum absolute atomic E-state index is 0.101. The number of piperidine rings is 4. The van der Waals surface area contributed by atoms with Crippen molar-refractivity contribution in [1.29, 1.82) is 0 Å². The zero-order valence-electron chi connectivity index (χ0n) is 39.3. The second-order valence-electron chi connectivity index (χ2n) is 20.3. The van der Waals surface area contributed by atoms with Crippen LogP contribution in [0.15, 0.2) is 158 Å². The van der Waals surface area contributed by atoms with Crippen molar-refractivity contribution in [1.82, 2.24) is 10.6 Å². The minimum Gasteiger partial charge on any atom is -0.314 e. The van der Waals surface area contributed by atoms with E-state index in [1.165, 1.54) is 105 Å². The highest BCUT2D eigenvalue weighted by Gasteiger charge is 2.47. The second kappa shape index (κ2) is 17.6. The number of fused-ring (bicyclic) bond motifs is 7. The van der Waals surface area contributed by atoms with Crippen molar-refractivity contribution >= 4 is 33.1 Å². The van der Waals surface area contributed by atoms with Gasteiger partial charge in [-0.05, 0) is 210 Å². The summed E-state index contributed by atoms with van der Waals surface area (Å²) in [4.78, 5) is 24.8. The van der Waals surface area contributed by atoms with Crippen LogP contribution in [0.1, 0.15) is 101 Å². The third-order valence-corrected chi connectivity index (χ3v) is 15.9. The molecule has 0 spiro atoms. The van der Waals surface area contributed by atoms with Crippen molar-refractivity contribution in [2.45, 2.75) is 89.6 Å². The normalized spacial score (nSPS) is 21.6. The maximum Gasteiger partial charge on any atom is 0.159 e. The van der Waals surface area contributed by atoms with Gasteiger partial charge in [-0.25, -0.2) is 0 Å². The van der Waals surface area contributed by atoms with Crippen LogP contribution in [0.2, 0.25) is 0 Å².